The Morgan fingerprint density at radius 2 is 2.04 bits per heavy atom. The molecule has 2 aliphatic rings. The molecule has 0 saturated carbocycles. The van der Waals surface area contributed by atoms with Crippen LogP contribution >= 0.6 is 11.3 Å². The Morgan fingerprint density at radius 3 is 2.69 bits per heavy atom. The summed E-state index contributed by atoms with van der Waals surface area (Å²) >= 11 is 1.30. The minimum Gasteiger partial charge on any atom is -0.503 e. The third-order valence-corrected chi connectivity index (χ3v) is 5.70. The van der Waals surface area contributed by atoms with E-state index in [-0.39, 0.29) is 17.5 Å². The van der Waals surface area contributed by atoms with Crippen LogP contribution in [0, 0.1) is 0 Å². The van der Waals surface area contributed by atoms with Crippen molar-refractivity contribution in [3.8, 4) is 0 Å². The van der Waals surface area contributed by atoms with Crippen molar-refractivity contribution in [2.45, 2.75) is 25.0 Å². The molecule has 1 aromatic heterocycles. The van der Waals surface area contributed by atoms with Crippen molar-refractivity contribution in [2.75, 3.05) is 13.2 Å². The van der Waals surface area contributed by atoms with Gasteiger partial charge < -0.3 is 14.7 Å². The predicted octanol–water partition coefficient (Wildman–Crippen LogP) is 3.51. The van der Waals surface area contributed by atoms with Gasteiger partial charge in [0.05, 0.1) is 22.6 Å². The van der Waals surface area contributed by atoms with Gasteiger partial charge in [0.15, 0.2) is 5.76 Å². The molecule has 4 rings (SSSR count). The van der Waals surface area contributed by atoms with Crippen LogP contribution in [0.5, 0.6) is 0 Å². The lowest BCUT2D eigenvalue weighted by Gasteiger charge is -2.28. The Kier molecular flexibility index (Phi) is 4.61. The molecule has 0 unspecified atom stereocenters. The topological polar surface area (TPSA) is 66.8 Å². The molecule has 3 heterocycles. The van der Waals surface area contributed by atoms with E-state index in [2.05, 4.69) is 0 Å². The van der Waals surface area contributed by atoms with E-state index in [4.69, 9.17) is 4.74 Å². The van der Waals surface area contributed by atoms with Crippen LogP contribution in [0.4, 0.5) is 0 Å². The van der Waals surface area contributed by atoms with Gasteiger partial charge in [-0.2, -0.15) is 0 Å². The van der Waals surface area contributed by atoms with E-state index in [1.165, 1.54) is 11.3 Å². The van der Waals surface area contributed by atoms with E-state index in [1.807, 2.05) is 35.7 Å². The Bertz CT molecular complexity index is 838. The van der Waals surface area contributed by atoms with Gasteiger partial charge in [-0.15, -0.1) is 11.3 Å². The average molecular weight is 369 g/mol. The van der Waals surface area contributed by atoms with Gasteiger partial charge >= 0.3 is 0 Å². The van der Waals surface area contributed by atoms with Crippen LogP contribution in [-0.2, 0) is 9.53 Å². The summed E-state index contributed by atoms with van der Waals surface area (Å²) in [6, 6.07) is 12.3. The molecule has 1 saturated heterocycles. The zero-order chi connectivity index (χ0) is 18.1. The number of hydrogen-bond acceptors (Lipinski definition) is 5. The van der Waals surface area contributed by atoms with Gasteiger partial charge in [0.25, 0.3) is 5.91 Å². The zero-order valence-electron chi connectivity index (χ0n) is 14.1. The minimum atomic E-state index is -0.595. The number of rotatable bonds is 5. The number of carbonyl (C=O) groups excluding carboxylic acids is 2. The quantitative estimate of drug-likeness (QED) is 0.819. The Morgan fingerprint density at radius 1 is 1.23 bits per heavy atom. The van der Waals surface area contributed by atoms with Crippen LogP contribution in [0.1, 0.15) is 34.1 Å². The summed E-state index contributed by atoms with van der Waals surface area (Å²) in [5.74, 6) is -1.25. The van der Waals surface area contributed by atoms with E-state index in [1.54, 1.807) is 17.0 Å². The fourth-order valence-electron chi connectivity index (χ4n) is 3.60. The molecule has 0 spiro atoms. The summed E-state index contributed by atoms with van der Waals surface area (Å²) in [5.41, 5.74) is 0.962. The highest BCUT2D eigenvalue weighted by Gasteiger charge is 2.44. The molecule has 0 radical (unpaired) electrons. The minimum absolute atomic E-state index is 0.0610. The lowest BCUT2D eigenvalue weighted by Crippen LogP contribution is -2.37. The summed E-state index contributed by atoms with van der Waals surface area (Å²) in [6.07, 6.45) is 1.78. The van der Waals surface area contributed by atoms with Gasteiger partial charge in [-0.3, -0.25) is 9.59 Å². The molecule has 0 bridgehead atoms. The summed E-state index contributed by atoms with van der Waals surface area (Å²) in [5, 5.41) is 12.3. The van der Waals surface area contributed by atoms with Crippen LogP contribution in [0.25, 0.3) is 0 Å². The third-order valence-electron chi connectivity index (χ3n) is 4.83. The second-order valence-electron chi connectivity index (χ2n) is 6.47. The number of aliphatic hydroxyl groups excluding tert-OH is 1. The predicted molar refractivity (Wildman–Crippen MR) is 98.2 cm³/mol. The second-order valence-corrected chi connectivity index (χ2v) is 7.42. The van der Waals surface area contributed by atoms with Crippen LogP contribution in [-0.4, -0.2) is 41.0 Å². The summed E-state index contributed by atoms with van der Waals surface area (Å²) in [7, 11) is 0. The van der Waals surface area contributed by atoms with E-state index in [0.717, 1.165) is 18.4 Å². The summed E-state index contributed by atoms with van der Waals surface area (Å²) in [6.45, 7) is 1.05. The van der Waals surface area contributed by atoms with Crippen molar-refractivity contribution in [3.05, 3.63) is 69.6 Å². The number of carbonyl (C=O) groups is 2. The number of aliphatic hydroxyl groups is 1. The molecule has 2 aromatic rings. The smallest absolute Gasteiger partial charge is 0.290 e. The molecular weight excluding hydrogens is 350 g/mol. The maximum absolute atomic E-state index is 13.0. The Labute approximate surface area is 155 Å². The summed E-state index contributed by atoms with van der Waals surface area (Å²) < 4.78 is 5.67. The molecule has 5 nitrogen and oxygen atoms in total. The van der Waals surface area contributed by atoms with Crippen molar-refractivity contribution in [1.29, 1.82) is 0 Å². The lowest BCUT2D eigenvalue weighted by atomic mass is 9.95. The van der Waals surface area contributed by atoms with Crippen molar-refractivity contribution >= 4 is 23.0 Å². The largest absolute Gasteiger partial charge is 0.503 e. The number of ether oxygens (including phenoxy) is 1. The van der Waals surface area contributed by atoms with Gasteiger partial charge in [0, 0.05) is 13.2 Å². The van der Waals surface area contributed by atoms with E-state index in [9.17, 15) is 14.7 Å². The monoisotopic (exact) mass is 369 g/mol. The molecule has 1 aromatic carbocycles. The molecule has 134 valence electrons. The second kappa shape index (κ2) is 7.05. The molecule has 1 fully saturated rings. The summed E-state index contributed by atoms with van der Waals surface area (Å²) in [4.78, 5) is 27.9. The molecule has 1 amide bonds. The fourth-order valence-corrected chi connectivity index (χ4v) is 4.28. The standard InChI is InChI=1S/C20H19NO4S/c22-18(15-9-5-11-26-15)16-17(13-6-2-1-3-7-13)21(20(24)19(16)23)12-14-8-4-10-25-14/h1-3,5-7,9,11,14,17,23H,4,8,10,12H2/t14-,17+/m1/s1. The van der Waals surface area contributed by atoms with Crippen molar-refractivity contribution in [2.24, 2.45) is 0 Å². The van der Waals surface area contributed by atoms with Crippen LogP contribution < -0.4 is 0 Å². The highest BCUT2D eigenvalue weighted by molar-refractivity contribution is 7.12. The number of benzene rings is 1. The molecule has 6 heteroatoms. The van der Waals surface area contributed by atoms with Gasteiger partial charge in [-0.1, -0.05) is 36.4 Å². The number of ketones is 1. The maximum Gasteiger partial charge on any atom is 0.290 e. The van der Waals surface area contributed by atoms with Gasteiger partial charge in [0.1, 0.15) is 0 Å². The molecular formula is C20H19NO4S. The molecule has 1 N–H and O–H groups in total. The SMILES string of the molecule is O=C(C1=C(O)C(=O)N(C[C@H]2CCCO2)[C@H]1c1ccccc1)c1cccs1. The highest BCUT2D eigenvalue weighted by Crippen LogP contribution is 2.40. The average Bonchev–Trinajstić information content (AvgIpc) is 3.40. The zero-order valence-corrected chi connectivity index (χ0v) is 14.9. The Balaban J connectivity index is 1.74. The van der Waals surface area contributed by atoms with Crippen LogP contribution in [0.2, 0.25) is 0 Å². The van der Waals surface area contributed by atoms with Gasteiger partial charge in [0.2, 0.25) is 5.78 Å². The number of amides is 1. The normalized spacial score (nSPS) is 23.1. The first-order valence-electron chi connectivity index (χ1n) is 8.65. The van der Waals surface area contributed by atoms with Crippen molar-refractivity contribution in [1.82, 2.24) is 4.90 Å². The lowest BCUT2D eigenvalue weighted by molar-refractivity contribution is -0.131. The first kappa shape index (κ1) is 17.0. The number of thiophene rings is 1. The molecule has 2 aliphatic heterocycles. The number of Topliss-reactive ketones (excluding diaryl/α,β-unsaturated/α-hetero) is 1. The first-order valence-corrected chi connectivity index (χ1v) is 9.53. The van der Waals surface area contributed by atoms with Crippen LogP contribution in [0.3, 0.4) is 0 Å². The maximum atomic E-state index is 13.0. The highest BCUT2D eigenvalue weighted by atomic mass is 32.1. The number of hydrogen-bond donors (Lipinski definition) is 1. The van der Waals surface area contributed by atoms with Crippen molar-refractivity contribution in [3.63, 3.8) is 0 Å². The van der Waals surface area contributed by atoms with E-state index >= 15 is 0 Å². The van der Waals surface area contributed by atoms with Gasteiger partial charge in [-0.25, -0.2) is 0 Å². The third kappa shape index (κ3) is 2.95. The van der Waals surface area contributed by atoms with Gasteiger partial charge in [-0.05, 0) is 29.9 Å². The first-order chi connectivity index (χ1) is 12.7. The van der Waals surface area contributed by atoms with Crippen LogP contribution in [0.15, 0.2) is 59.2 Å². The molecule has 2 atom stereocenters. The van der Waals surface area contributed by atoms with E-state index in [0.29, 0.717) is 18.0 Å². The Hall–Kier alpha value is -2.44. The van der Waals surface area contributed by atoms with E-state index < -0.39 is 17.7 Å². The molecule has 26 heavy (non-hydrogen) atoms. The number of nitrogens with zero attached hydrogens (tertiary/aromatic N) is 1. The fraction of sp³-hybridized carbons (Fsp3) is 0.300. The van der Waals surface area contributed by atoms with Crippen molar-refractivity contribution < 1.29 is 19.4 Å². The molecule has 0 aliphatic carbocycles.